The highest BCUT2D eigenvalue weighted by atomic mass is 32.2. The van der Waals surface area contributed by atoms with Gasteiger partial charge < -0.3 is 5.11 Å². The zero-order chi connectivity index (χ0) is 10.1. The van der Waals surface area contributed by atoms with Crippen LogP contribution < -0.4 is 0 Å². The maximum absolute atomic E-state index is 11.6. The summed E-state index contributed by atoms with van der Waals surface area (Å²) in [6, 6.07) is 0. The average molecular weight is 206 g/mol. The highest BCUT2D eigenvalue weighted by molar-refractivity contribution is 7.92. The zero-order valence-electron chi connectivity index (χ0n) is 7.56. The molecule has 1 atom stereocenters. The standard InChI is InChI=1S/C8H14O4S/c1-6(5-8(9)10)13(11,12)7-3-2-4-7/h6-7H,2-5H2,1H3,(H,9,10). The molecule has 0 bridgehead atoms. The molecule has 4 nitrogen and oxygen atoms in total. The molecule has 0 aliphatic heterocycles. The predicted octanol–water partition coefficient (Wildman–Crippen LogP) is 0.817. The quantitative estimate of drug-likeness (QED) is 0.739. The molecule has 0 radical (unpaired) electrons. The lowest BCUT2D eigenvalue weighted by molar-refractivity contribution is -0.136. The van der Waals surface area contributed by atoms with Gasteiger partial charge in [-0.05, 0) is 19.8 Å². The molecule has 1 unspecified atom stereocenters. The highest BCUT2D eigenvalue weighted by Crippen LogP contribution is 2.29. The minimum atomic E-state index is -3.18. The summed E-state index contributed by atoms with van der Waals surface area (Å²) in [4.78, 5) is 10.3. The van der Waals surface area contributed by atoms with Crippen molar-refractivity contribution in [2.75, 3.05) is 0 Å². The molecular weight excluding hydrogens is 192 g/mol. The molecule has 1 fully saturated rings. The van der Waals surface area contributed by atoms with E-state index in [4.69, 9.17) is 5.11 Å². The number of carboxylic acids is 1. The second kappa shape index (κ2) is 3.65. The van der Waals surface area contributed by atoms with Crippen LogP contribution in [-0.2, 0) is 14.6 Å². The lowest BCUT2D eigenvalue weighted by atomic mass is 10.00. The first-order chi connectivity index (χ1) is 5.94. The van der Waals surface area contributed by atoms with E-state index in [-0.39, 0.29) is 11.7 Å². The lowest BCUT2D eigenvalue weighted by Gasteiger charge is -2.27. The largest absolute Gasteiger partial charge is 0.481 e. The molecule has 1 saturated carbocycles. The van der Waals surface area contributed by atoms with Crippen LogP contribution in [0.1, 0.15) is 32.6 Å². The van der Waals surface area contributed by atoms with Crippen molar-refractivity contribution in [1.82, 2.24) is 0 Å². The van der Waals surface area contributed by atoms with Crippen LogP contribution in [0.25, 0.3) is 0 Å². The van der Waals surface area contributed by atoms with Gasteiger partial charge in [0.15, 0.2) is 9.84 Å². The van der Waals surface area contributed by atoms with Gasteiger partial charge in [0, 0.05) is 0 Å². The van der Waals surface area contributed by atoms with Crippen LogP contribution in [0, 0.1) is 0 Å². The summed E-state index contributed by atoms with van der Waals surface area (Å²) in [5.74, 6) is -1.05. The number of hydrogen-bond donors (Lipinski definition) is 1. The Morgan fingerprint density at radius 2 is 2.08 bits per heavy atom. The third-order valence-corrected chi connectivity index (χ3v) is 5.23. The molecule has 76 valence electrons. The van der Waals surface area contributed by atoms with E-state index in [2.05, 4.69) is 0 Å². The second-order valence-corrected chi connectivity index (χ2v) is 6.20. The van der Waals surface area contributed by atoms with Gasteiger partial charge in [-0.2, -0.15) is 0 Å². The number of carbonyl (C=O) groups is 1. The SMILES string of the molecule is CC(CC(=O)O)S(=O)(=O)C1CCC1. The summed E-state index contributed by atoms with van der Waals surface area (Å²) in [6.07, 6.45) is 2.07. The van der Waals surface area contributed by atoms with Crippen molar-refractivity contribution in [3.05, 3.63) is 0 Å². The summed E-state index contributed by atoms with van der Waals surface area (Å²) >= 11 is 0. The van der Waals surface area contributed by atoms with Crippen LogP contribution in [0.2, 0.25) is 0 Å². The second-order valence-electron chi connectivity index (χ2n) is 3.55. The molecule has 1 rings (SSSR count). The molecule has 0 saturated heterocycles. The molecule has 0 aromatic heterocycles. The molecule has 1 aliphatic carbocycles. The van der Waals surface area contributed by atoms with Gasteiger partial charge in [-0.15, -0.1) is 0 Å². The van der Waals surface area contributed by atoms with E-state index in [1.54, 1.807) is 0 Å². The summed E-state index contributed by atoms with van der Waals surface area (Å²) in [6.45, 7) is 1.47. The van der Waals surface area contributed by atoms with Gasteiger partial charge in [0.25, 0.3) is 0 Å². The summed E-state index contributed by atoms with van der Waals surface area (Å²) in [5.41, 5.74) is 0. The summed E-state index contributed by atoms with van der Waals surface area (Å²) in [5, 5.41) is 7.44. The van der Waals surface area contributed by atoms with E-state index in [9.17, 15) is 13.2 Å². The Balaban J connectivity index is 2.62. The van der Waals surface area contributed by atoms with Crippen LogP contribution in [0.4, 0.5) is 0 Å². The van der Waals surface area contributed by atoms with Crippen LogP contribution in [-0.4, -0.2) is 30.0 Å². The first kappa shape index (κ1) is 10.5. The van der Waals surface area contributed by atoms with E-state index in [0.29, 0.717) is 12.8 Å². The van der Waals surface area contributed by atoms with Crippen LogP contribution in [0.3, 0.4) is 0 Å². The Labute approximate surface area is 77.9 Å². The van der Waals surface area contributed by atoms with Crippen LogP contribution >= 0.6 is 0 Å². The molecule has 5 heteroatoms. The lowest BCUT2D eigenvalue weighted by Crippen LogP contribution is -2.36. The maximum Gasteiger partial charge on any atom is 0.304 e. The van der Waals surface area contributed by atoms with E-state index >= 15 is 0 Å². The maximum atomic E-state index is 11.6. The van der Waals surface area contributed by atoms with Crippen molar-refractivity contribution < 1.29 is 18.3 Å². The van der Waals surface area contributed by atoms with Crippen molar-refractivity contribution in [2.45, 2.75) is 43.1 Å². The van der Waals surface area contributed by atoms with Crippen LogP contribution in [0.15, 0.2) is 0 Å². The molecule has 0 amide bonds. The Morgan fingerprint density at radius 1 is 1.54 bits per heavy atom. The molecule has 0 aromatic carbocycles. The van der Waals surface area contributed by atoms with Crippen molar-refractivity contribution in [3.63, 3.8) is 0 Å². The molecule has 0 heterocycles. The minimum absolute atomic E-state index is 0.276. The third-order valence-electron chi connectivity index (χ3n) is 2.54. The number of carboxylic acid groups (broad SMARTS) is 1. The van der Waals surface area contributed by atoms with Crippen molar-refractivity contribution in [3.8, 4) is 0 Å². The van der Waals surface area contributed by atoms with Crippen molar-refractivity contribution in [1.29, 1.82) is 0 Å². The van der Waals surface area contributed by atoms with E-state index in [0.717, 1.165) is 6.42 Å². The van der Waals surface area contributed by atoms with E-state index in [1.807, 2.05) is 0 Å². The average Bonchev–Trinajstić information content (AvgIpc) is 1.79. The molecule has 1 aliphatic rings. The molecular formula is C8H14O4S. The molecule has 13 heavy (non-hydrogen) atoms. The van der Waals surface area contributed by atoms with Gasteiger partial charge in [-0.1, -0.05) is 6.42 Å². The summed E-state index contributed by atoms with van der Waals surface area (Å²) < 4.78 is 23.2. The van der Waals surface area contributed by atoms with Gasteiger partial charge in [-0.3, -0.25) is 4.79 Å². The molecule has 1 N–H and O–H groups in total. The Morgan fingerprint density at radius 3 is 2.38 bits per heavy atom. The number of aliphatic carboxylic acids is 1. The molecule has 0 spiro atoms. The van der Waals surface area contributed by atoms with Gasteiger partial charge in [0.1, 0.15) is 0 Å². The van der Waals surface area contributed by atoms with Gasteiger partial charge in [0.05, 0.1) is 16.9 Å². The van der Waals surface area contributed by atoms with Crippen molar-refractivity contribution >= 4 is 15.8 Å². The smallest absolute Gasteiger partial charge is 0.304 e. The molecule has 0 aromatic rings. The summed E-state index contributed by atoms with van der Waals surface area (Å²) in [7, 11) is -3.18. The third kappa shape index (κ3) is 2.21. The first-order valence-corrected chi connectivity index (χ1v) is 6.00. The number of rotatable bonds is 4. The Hall–Kier alpha value is -0.580. The van der Waals surface area contributed by atoms with Gasteiger partial charge in [-0.25, -0.2) is 8.42 Å². The highest BCUT2D eigenvalue weighted by Gasteiger charge is 2.36. The fourth-order valence-electron chi connectivity index (χ4n) is 1.39. The van der Waals surface area contributed by atoms with Crippen LogP contribution in [0.5, 0.6) is 0 Å². The van der Waals surface area contributed by atoms with E-state index in [1.165, 1.54) is 6.92 Å². The number of hydrogen-bond acceptors (Lipinski definition) is 3. The first-order valence-electron chi connectivity index (χ1n) is 4.39. The monoisotopic (exact) mass is 206 g/mol. The normalized spacial score (nSPS) is 20.7. The minimum Gasteiger partial charge on any atom is -0.481 e. The Kier molecular flexibility index (Phi) is 2.95. The fourth-order valence-corrected chi connectivity index (χ4v) is 3.41. The predicted molar refractivity (Wildman–Crippen MR) is 48.3 cm³/mol. The Bertz CT molecular complexity index is 289. The van der Waals surface area contributed by atoms with Gasteiger partial charge >= 0.3 is 5.97 Å². The van der Waals surface area contributed by atoms with Crippen molar-refractivity contribution in [2.24, 2.45) is 0 Å². The fraction of sp³-hybridized carbons (Fsp3) is 0.875. The topological polar surface area (TPSA) is 71.4 Å². The van der Waals surface area contributed by atoms with Gasteiger partial charge in [0.2, 0.25) is 0 Å². The zero-order valence-corrected chi connectivity index (χ0v) is 8.38. The number of sulfone groups is 1. The van der Waals surface area contributed by atoms with E-state index < -0.39 is 21.1 Å².